The van der Waals surface area contributed by atoms with E-state index in [4.69, 9.17) is 9.47 Å². The summed E-state index contributed by atoms with van der Waals surface area (Å²) in [5, 5.41) is 3.50. The molecule has 0 aliphatic carbocycles. The Hall–Kier alpha value is -0.710. The molecule has 0 spiro atoms. The van der Waals surface area contributed by atoms with Gasteiger partial charge in [0.1, 0.15) is 0 Å². The van der Waals surface area contributed by atoms with Crippen LogP contribution in [0.2, 0.25) is 0 Å². The molecule has 0 bridgehead atoms. The molecule has 1 aliphatic heterocycles. The van der Waals surface area contributed by atoms with Crippen LogP contribution in [0, 0.1) is 0 Å². The lowest BCUT2D eigenvalue weighted by atomic mass is 10.2. The van der Waals surface area contributed by atoms with Gasteiger partial charge in [-0.1, -0.05) is 19.1 Å². The van der Waals surface area contributed by atoms with Crippen LogP contribution in [0.4, 0.5) is 5.69 Å². The normalized spacial score (nSPS) is 19.7. The molecule has 0 saturated carbocycles. The van der Waals surface area contributed by atoms with Crippen LogP contribution >= 0.6 is 11.8 Å². The molecule has 0 amide bonds. The van der Waals surface area contributed by atoms with Gasteiger partial charge in [-0.05, 0) is 31.7 Å². The average molecular weight is 267 g/mol. The Kier molecular flexibility index (Phi) is 4.54. The van der Waals surface area contributed by atoms with Crippen LogP contribution in [0.25, 0.3) is 0 Å². The topological polar surface area (TPSA) is 30.5 Å². The standard InChI is InChI=1S/C14H21NO2S/c1-4-18-13-8-6-5-7-12(13)15-11-9-16-14(2,3)17-10-11/h5-8,11,15H,4,9-10H2,1-3H3. The third-order valence-corrected chi connectivity index (χ3v) is 3.77. The van der Waals surface area contributed by atoms with Crippen molar-refractivity contribution in [1.82, 2.24) is 0 Å². The van der Waals surface area contributed by atoms with Gasteiger partial charge in [0.05, 0.1) is 19.3 Å². The van der Waals surface area contributed by atoms with E-state index < -0.39 is 5.79 Å². The Bertz CT molecular complexity index is 385. The zero-order valence-electron chi connectivity index (χ0n) is 11.2. The predicted molar refractivity (Wildman–Crippen MR) is 76.2 cm³/mol. The number of benzene rings is 1. The first-order valence-corrected chi connectivity index (χ1v) is 7.35. The highest BCUT2D eigenvalue weighted by atomic mass is 32.2. The van der Waals surface area contributed by atoms with Crippen LogP contribution in [0.15, 0.2) is 29.2 Å². The molecule has 1 aromatic rings. The lowest BCUT2D eigenvalue weighted by Crippen LogP contribution is -2.45. The average Bonchev–Trinajstić information content (AvgIpc) is 2.35. The molecule has 1 aliphatic rings. The summed E-state index contributed by atoms with van der Waals surface area (Å²) in [5.41, 5.74) is 1.17. The smallest absolute Gasteiger partial charge is 0.162 e. The fraction of sp³-hybridized carbons (Fsp3) is 0.571. The number of ether oxygens (including phenoxy) is 2. The quantitative estimate of drug-likeness (QED) is 0.847. The molecule has 3 nitrogen and oxygen atoms in total. The molecule has 0 aromatic heterocycles. The summed E-state index contributed by atoms with van der Waals surface area (Å²) >= 11 is 1.85. The van der Waals surface area contributed by atoms with E-state index in [-0.39, 0.29) is 6.04 Å². The molecule has 1 saturated heterocycles. The van der Waals surface area contributed by atoms with Gasteiger partial charge < -0.3 is 14.8 Å². The molecule has 1 aromatic carbocycles. The third-order valence-electron chi connectivity index (χ3n) is 2.81. The van der Waals surface area contributed by atoms with Crippen molar-refractivity contribution in [1.29, 1.82) is 0 Å². The maximum Gasteiger partial charge on any atom is 0.162 e. The van der Waals surface area contributed by atoms with Crippen molar-refractivity contribution in [2.75, 3.05) is 24.3 Å². The summed E-state index contributed by atoms with van der Waals surface area (Å²) in [6.07, 6.45) is 0. The minimum absolute atomic E-state index is 0.219. The van der Waals surface area contributed by atoms with E-state index in [1.54, 1.807) is 0 Å². The van der Waals surface area contributed by atoms with E-state index in [9.17, 15) is 0 Å². The molecule has 0 unspecified atom stereocenters. The molecule has 0 atom stereocenters. The Balaban J connectivity index is 1.97. The highest BCUT2D eigenvalue weighted by molar-refractivity contribution is 7.99. The predicted octanol–water partition coefficient (Wildman–Crippen LogP) is 3.36. The molecule has 0 radical (unpaired) electrons. The first-order valence-electron chi connectivity index (χ1n) is 6.37. The molecular weight excluding hydrogens is 246 g/mol. The molecule has 1 fully saturated rings. The van der Waals surface area contributed by atoms with Crippen LogP contribution in [-0.4, -0.2) is 30.8 Å². The van der Waals surface area contributed by atoms with E-state index in [1.165, 1.54) is 10.6 Å². The summed E-state index contributed by atoms with van der Waals surface area (Å²) in [5.74, 6) is 0.624. The van der Waals surface area contributed by atoms with Gasteiger partial charge in [0.15, 0.2) is 5.79 Å². The van der Waals surface area contributed by atoms with Gasteiger partial charge in [0, 0.05) is 10.6 Å². The van der Waals surface area contributed by atoms with Gasteiger partial charge in [-0.3, -0.25) is 0 Å². The van der Waals surface area contributed by atoms with Crippen LogP contribution in [0.5, 0.6) is 0 Å². The lowest BCUT2D eigenvalue weighted by molar-refractivity contribution is -0.247. The van der Waals surface area contributed by atoms with E-state index in [1.807, 2.05) is 25.6 Å². The van der Waals surface area contributed by atoms with Gasteiger partial charge in [-0.2, -0.15) is 0 Å². The number of hydrogen-bond donors (Lipinski definition) is 1. The Labute approximate surface area is 113 Å². The van der Waals surface area contributed by atoms with Crippen molar-refractivity contribution >= 4 is 17.4 Å². The molecule has 2 rings (SSSR count). The highest BCUT2D eigenvalue weighted by Crippen LogP contribution is 2.28. The van der Waals surface area contributed by atoms with Gasteiger partial charge in [-0.15, -0.1) is 11.8 Å². The number of rotatable bonds is 4. The minimum Gasteiger partial charge on any atom is -0.377 e. The Morgan fingerprint density at radius 1 is 1.28 bits per heavy atom. The van der Waals surface area contributed by atoms with Crippen molar-refractivity contribution in [2.45, 2.75) is 37.5 Å². The Morgan fingerprint density at radius 2 is 1.94 bits per heavy atom. The van der Waals surface area contributed by atoms with E-state index in [0.717, 1.165) is 5.75 Å². The Morgan fingerprint density at radius 3 is 2.61 bits per heavy atom. The number of thioether (sulfide) groups is 1. The van der Waals surface area contributed by atoms with Crippen molar-refractivity contribution in [3.63, 3.8) is 0 Å². The number of hydrogen-bond acceptors (Lipinski definition) is 4. The zero-order valence-corrected chi connectivity index (χ0v) is 12.0. The van der Waals surface area contributed by atoms with Crippen molar-refractivity contribution in [2.24, 2.45) is 0 Å². The number of anilines is 1. The molecular formula is C14H21NO2S. The highest BCUT2D eigenvalue weighted by Gasteiger charge is 2.28. The maximum absolute atomic E-state index is 5.66. The SMILES string of the molecule is CCSc1ccccc1NC1COC(C)(C)OC1. The summed E-state index contributed by atoms with van der Waals surface area (Å²) in [7, 11) is 0. The molecule has 4 heteroatoms. The third kappa shape index (κ3) is 3.64. The van der Waals surface area contributed by atoms with Gasteiger partial charge >= 0.3 is 0 Å². The monoisotopic (exact) mass is 267 g/mol. The summed E-state index contributed by atoms with van der Waals surface area (Å²) in [6, 6.07) is 8.59. The van der Waals surface area contributed by atoms with Crippen LogP contribution < -0.4 is 5.32 Å². The van der Waals surface area contributed by atoms with E-state index in [2.05, 4.69) is 36.5 Å². The zero-order chi connectivity index (χ0) is 13.0. The first-order chi connectivity index (χ1) is 8.61. The maximum atomic E-state index is 5.66. The second kappa shape index (κ2) is 5.95. The van der Waals surface area contributed by atoms with Gasteiger partial charge in [0.2, 0.25) is 0 Å². The van der Waals surface area contributed by atoms with Crippen molar-refractivity contribution in [3.05, 3.63) is 24.3 Å². The molecule has 100 valence electrons. The van der Waals surface area contributed by atoms with Crippen molar-refractivity contribution in [3.8, 4) is 0 Å². The van der Waals surface area contributed by atoms with Crippen LogP contribution in [0.3, 0.4) is 0 Å². The molecule has 18 heavy (non-hydrogen) atoms. The summed E-state index contributed by atoms with van der Waals surface area (Å²) < 4.78 is 11.3. The minimum atomic E-state index is -0.449. The lowest BCUT2D eigenvalue weighted by Gasteiger charge is -2.35. The van der Waals surface area contributed by atoms with Crippen LogP contribution in [0.1, 0.15) is 20.8 Å². The fourth-order valence-corrected chi connectivity index (χ4v) is 2.63. The van der Waals surface area contributed by atoms with E-state index in [0.29, 0.717) is 13.2 Å². The second-order valence-electron chi connectivity index (χ2n) is 4.79. The molecule has 1 N–H and O–H groups in total. The fourth-order valence-electron chi connectivity index (χ4n) is 1.86. The number of para-hydroxylation sites is 1. The summed E-state index contributed by atoms with van der Waals surface area (Å²) in [4.78, 5) is 1.28. The second-order valence-corrected chi connectivity index (χ2v) is 6.10. The first kappa shape index (κ1) is 13.7. The van der Waals surface area contributed by atoms with Gasteiger partial charge in [0.25, 0.3) is 0 Å². The van der Waals surface area contributed by atoms with Crippen molar-refractivity contribution < 1.29 is 9.47 Å². The summed E-state index contributed by atoms with van der Waals surface area (Å²) in [6.45, 7) is 7.42. The number of nitrogens with one attached hydrogen (secondary N) is 1. The van der Waals surface area contributed by atoms with E-state index >= 15 is 0 Å². The van der Waals surface area contributed by atoms with Gasteiger partial charge in [-0.25, -0.2) is 0 Å². The molecule has 1 heterocycles. The van der Waals surface area contributed by atoms with Crippen LogP contribution in [-0.2, 0) is 9.47 Å². The largest absolute Gasteiger partial charge is 0.377 e.